The molecule has 0 aliphatic carbocycles. The molecule has 2 aromatic rings. The Labute approximate surface area is 117 Å². The SMILES string of the molecule is NC(N)=NN=Cc1ccccc1COc1ccccc1. The Morgan fingerprint density at radius 2 is 1.70 bits per heavy atom. The standard InChI is InChI=1S/C15H16N4O/c16-15(17)19-18-10-12-6-4-5-7-13(12)11-20-14-8-2-1-3-9-14/h1-10H,11H2,(H4,16,17,19). The van der Waals surface area contributed by atoms with E-state index in [0.717, 1.165) is 16.9 Å². The summed E-state index contributed by atoms with van der Waals surface area (Å²) in [5.41, 5.74) is 12.4. The van der Waals surface area contributed by atoms with Crippen molar-refractivity contribution >= 4 is 12.2 Å². The van der Waals surface area contributed by atoms with Gasteiger partial charge in [-0.15, -0.1) is 5.10 Å². The first-order valence-corrected chi connectivity index (χ1v) is 6.13. The second kappa shape index (κ2) is 6.94. The number of hydrogen-bond acceptors (Lipinski definition) is 3. The summed E-state index contributed by atoms with van der Waals surface area (Å²) in [6.07, 6.45) is 1.60. The van der Waals surface area contributed by atoms with Gasteiger partial charge in [-0.05, 0) is 17.7 Å². The van der Waals surface area contributed by atoms with Crippen LogP contribution < -0.4 is 16.2 Å². The molecule has 4 N–H and O–H groups in total. The van der Waals surface area contributed by atoms with E-state index in [2.05, 4.69) is 10.2 Å². The average molecular weight is 268 g/mol. The predicted octanol–water partition coefficient (Wildman–Crippen LogP) is 1.87. The van der Waals surface area contributed by atoms with Crippen molar-refractivity contribution in [3.05, 3.63) is 65.7 Å². The Hall–Kier alpha value is -2.82. The van der Waals surface area contributed by atoms with Crippen LogP contribution >= 0.6 is 0 Å². The van der Waals surface area contributed by atoms with Crippen LogP contribution in [0.25, 0.3) is 0 Å². The molecule has 5 nitrogen and oxygen atoms in total. The zero-order valence-electron chi connectivity index (χ0n) is 10.9. The minimum atomic E-state index is -0.0701. The first-order valence-electron chi connectivity index (χ1n) is 6.13. The van der Waals surface area contributed by atoms with Crippen LogP contribution in [0.15, 0.2) is 64.8 Å². The molecule has 0 fully saturated rings. The van der Waals surface area contributed by atoms with Crippen molar-refractivity contribution in [3.8, 4) is 5.75 Å². The fourth-order valence-electron chi connectivity index (χ4n) is 1.63. The maximum absolute atomic E-state index is 5.71. The van der Waals surface area contributed by atoms with Gasteiger partial charge in [0.15, 0.2) is 0 Å². The third-order valence-corrected chi connectivity index (χ3v) is 2.56. The van der Waals surface area contributed by atoms with Crippen molar-refractivity contribution in [2.45, 2.75) is 6.61 Å². The second-order valence-corrected chi connectivity index (χ2v) is 4.07. The largest absolute Gasteiger partial charge is 0.489 e. The molecule has 0 bridgehead atoms. The van der Waals surface area contributed by atoms with Crippen molar-refractivity contribution in [2.24, 2.45) is 21.7 Å². The quantitative estimate of drug-likeness (QED) is 0.493. The van der Waals surface area contributed by atoms with E-state index < -0.39 is 0 Å². The van der Waals surface area contributed by atoms with Crippen LogP contribution in [0, 0.1) is 0 Å². The number of guanidine groups is 1. The minimum Gasteiger partial charge on any atom is -0.489 e. The molecule has 0 saturated heterocycles. The van der Waals surface area contributed by atoms with Crippen LogP contribution in [0.2, 0.25) is 0 Å². The van der Waals surface area contributed by atoms with Crippen LogP contribution in [-0.4, -0.2) is 12.2 Å². The molecule has 0 radical (unpaired) electrons. The molecule has 102 valence electrons. The molecule has 2 aromatic carbocycles. The number of para-hydroxylation sites is 1. The van der Waals surface area contributed by atoms with Gasteiger partial charge in [-0.1, -0.05) is 42.5 Å². The van der Waals surface area contributed by atoms with E-state index in [1.165, 1.54) is 0 Å². The summed E-state index contributed by atoms with van der Waals surface area (Å²) >= 11 is 0. The van der Waals surface area contributed by atoms with Crippen LogP contribution in [-0.2, 0) is 6.61 Å². The van der Waals surface area contributed by atoms with E-state index >= 15 is 0 Å². The zero-order valence-corrected chi connectivity index (χ0v) is 10.9. The monoisotopic (exact) mass is 268 g/mol. The van der Waals surface area contributed by atoms with Gasteiger partial charge in [0.25, 0.3) is 0 Å². The lowest BCUT2D eigenvalue weighted by Gasteiger charge is -2.08. The lowest BCUT2D eigenvalue weighted by atomic mass is 10.1. The fraction of sp³-hybridized carbons (Fsp3) is 0.0667. The van der Waals surface area contributed by atoms with Gasteiger partial charge in [0.2, 0.25) is 5.96 Å². The van der Waals surface area contributed by atoms with Gasteiger partial charge in [-0.25, -0.2) is 0 Å². The van der Waals surface area contributed by atoms with Gasteiger partial charge < -0.3 is 16.2 Å². The summed E-state index contributed by atoms with van der Waals surface area (Å²) < 4.78 is 5.71. The molecular formula is C15H16N4O. The highest BCUT2D eigenvalue weighted by molar-refractivity contribution is 5.83. The van der Waals surface area contributed by atoms with E-state index in [1.54, 1.807) is 6.21 Å². The van der Waals surface area contributed by atoms with Gasteiger partial charge in [0, 0.05) is 5.56 Å². The van der Waals surface area contributed by atoms with Crippen LogP contribution in [0.4, 0.5) is 0 Å². The van der Waals surface area contributed by atoms with E-state index in [4.69, 9.17) is 16.2 Å². The third-order valence-electron chi connectivity index (χ3n) is 2.56. The summed E-state index contributed by atoms with van der Waals surface area (Å²) in [6, 6.07) is 17.4. The molecular weight excluding hydrogens is 252 g/mol. The Bertz CT molecular complexity index is 604. The molecule has 0 atom stereocenters. The lowest BCUT2D eigenvalue weighted by molar-refractivity contribution is 0.306. The highest BCUT2D eigenvalue weighted by Crippen LogP contribution is 2.13. The minimum absolute atomic E-state index is 0.0701. The van der Waals surface area contributed by atoms with Gasteiger partial charge >= 0.3 is 0 Å². The van der Waals surface area contributed by atoms with Crippen molar-refractivity contribution in [1.82, 2.24) is 0 Å². The summed E-state index contributed by atoms with van der Waals surface area (Å²) in [5, 5.41) is 7.39. The Kier molecular flexibility index (Phi) is 4.72. The summed E-state index contributed by atoms with van der Waals surface area (Å²) in [4.78, 5) is 0. The molecule has 0 heterocycles. The summed E-state index contributed by atoms with van der Waals surface area (Å²) in [6.45, 7) is 0.452. The highest BCUT2D eigenvalue weighted by atomic mass is 16.5. The molecule has 0 unspecified atom stereocenters. The van der Waals surface area contributed by atoms with Crippen LogP contribution in [0.1, 0.15) is 11.1 Å². The topological polar surface area (TPSA) is 86.0 Å². The molecule has 2 rings (SSSR count). The van der Waals surface area contributed by atoms with Crippen LogP contribution in [0.5, 0.6) is 5.75 Å². The normalized spacial score (nSPS) is 10.4. The first-order chi connectivity index (χ1) is 9.75. The van der Waals surface area contributed by atoms with Crippen molar-refractivity contribution in [1.29, 1.82) is 0 Å². The summed E-state index contributed by atoms with van der Waals surface area (Å²) in [7, 11) is 0. The molecule has 5 heteroatoms. The number of hydrogen-bond donors (Lipinski definition) is 2. The highest BCUT2D eigenvalue weighted by Gasteiger charge is 2.00. The van der Waals surface area contributed by atoms with E-state index in [0.29, 0.717) is 6.61 Å². The number of nitrogens with two attached hydrogens (primary N) is 2. The maximum atomic E-state index is 5.71. The fourth-order valence-corrected chi connectivity index (χ4v) is 1.63. The molecule has 0 amide bonds. The molecule has 0 aromatic heterocycles. The van der Waals surface area contributed by atoms with Crippen molar-refractivity contribution < 1.29 is 4.74 Å². The average Bonchev–Trinajstić information content (AvgIpc) is 2.47. The zero-order chi connectivity index (χ0) is 14.2. The molecule has 0 aliphatic rings. The van der Waals surface area contributed by atoms with E-state index in [9.17, 15) is 0 Å². The molecule has 20 heavy (non-hydrogen) atoms. The number of ether oxygens (including phenoxy) is 1. The van der Waals surface area contributed by atoms with Gasteiger partial charge in [0.05, 0.1) is 6.21 Å². The predicted molar refractivity (Wildman–Crippen MR) is 80.6 cm³/mol. The number of rotatable bonds is 5. The molecule has 0 saturated carbocycles. The Morgan fingerprint density at radius 1 is 1.00 bits per heavy atom. The molecule has 0 spiro atoms. The van der Waals surface area contributed by atoms with Gasteiger partial charge in [-0.2, -0.15) is 5.10 Å². The third kappa shape index (κ3) is 4.13. The smallest absolute Gasteiger partial charge is 0.211 e. The number of benzene rings is 2. The Morgan fingerprint density at radius 3 is 2.45 bits per heavy atom. The van der Waals surface area contributed by atoms with Gasteiger partial charge in [0.1, 0.15) is 12.4 Å². The lowest BCUT2D eigenvalue weighted by Crippen LogP contribution is -2.21. The number of nitrogens with zero attached hydrogens (tertiary/aromatic N) is 2. The maximum Gasteiger partial charge on any atom is 0.211 e. The second-order valence-electron chi connectivity index (χ2n) is 4.07. The molecule has 0 aliphatic heterocycles. The van der Waals surface area contributed by atoms with Crippen molar-refractivity contribution in [2.75, 3.05) is 0 Å². The van der Waals surface area contributed by atoms with Crippen molar-refractivity contribution in [3.63, 3.8) is 0 Å². The van der Waals surface area contributed by atoms with E-state index in [-0.39, 0.29) is 5.96 Å². The van der Waals surface area contributed by atoms with Crippen LogP contribution in [0.3, 0.4) is 0 Å². The first kappa shape index (κ1) is 13.6. The van der Waals surface area contributed by atoms with Gasteiger partial charge in [-0.3, -0.25) is 0 Å². The van der Waals surface area contributed by atoms with E-state index in [1.807, 2.05) is 54.6 Å². The summed E-state index contributed by atoms with van der Waals surface area (Å²) in [5.74, 6) is 0.753. The Balaban J connectivity index is 2.08.